The number of methoxy groups -OCH3 is 3. The zero-order valence-corrected chi connectivity index (χ0v) is 37.7. The van der Waals surface area contributed by atoms with Crippen molar-refractivity contribution in [3.63, 3.8) is 0 Å². The number of likely N-dealkylation sites (N-methyl/N-ethyl adjacent to an activating group) is 1. The highest BCUT2D eigenvalue weighted by Crippen LogP contribution is 2.64. The largest absolute Gasteiger partial charge is 0.462 e. The maximum atomic E-state index is 15.6. The number of fused-ring (bicyclic) bond motifs is 5. The molecule has 332 valence electrons. The zero-order valence-electron chi connectivity index (χ0n) is 37.0. The van der Waals surface area contributed by atoms with Crippen molar-refractivity contribution in [2.75, 3.05) is 35.4 Å². The minimum absolute atomic E-state index is 0.0173. The van der Waals surface area contributed by atoms with E-state index in [9.17, 15) is 4.79 Å². The summed E-state index contributed by atoms with van der Waals surface area (Å²) in [6.07, 6.45) is 5.83. The molecule has 59 heavy (non-hydrogen) atoms. The fourth-order valence-electron chi connectivity index (χ4n) is 12.8. The standard InChI is InChI=1S/C47H72ClNO10/c1-10-31-15-12-16-37(59-39-20-19-36(49(5)6)26(3)55-39)25(2)43(51)42-35(24-38(50)57-31)33-18-17-28-22-32(23-34(28)41(33)40(42)29-13-11-14-30(48)21-29)58-47-46(54-9)45(53-8)44(52-7)27(4)56-47/h11,13-14,21,25-28,31-37,39-42,44-47H,10,12,15-20,22-24H2,1-9H3/t25-,26?,27?,28?,31+,32-,33?,34-,35+,36+,37+,39+,40?,41-,42?,44+,45?,46+,47+/m1/s1. The Labute approximate surface area is 358 Å². The molecule has 1 aromatic carbocycles. The van der Waals surface area contributed by atoms with Gasteiger partial charge in [-0.1, -0.05) is 37.6 Å². The summed E-state index contributed by atoms with van der Waals surface area (Å²) in [5.74, 6) is -0.0409. The minimum atomic E-state index is -0.611. The second-order valence-corrected chi connectivity index (χ2v) is 19.4. The molecule has 0 aromatic heterocycles. The van der Waals surface area contributed by atoms with Crippen molar-refractivity contribution in [2.45, 2.75) is 172 Å². The predicted octanol–water partition coefficient (Wildman–Crippen LogP) is 7.84. The second-order valence-electron chi connectivity index (χ2n) is 19.0. The van der Waals surface area contributed by atoms with E-state index >= 15 is 4.79 Å². The maximum Gasteiger partial charge on any atom is 0.306 e. The van der Waals surface area contributed by atoms with Gasteiger partial charge < -0.3 is 42.8 Å². The Bertz CT molecular complexity index is 1560. The summed E-state index contributed by atoms with van der Waals surface area (Å²) < 4.78 is 50.6. The molecule has 0 bridgehead atoms. The molecule has 0 radical (unpaired) electrons. The highest BCUT2D eigenvalue weighted by Gasteiger charge is 2.61. The normalized spacial score (nSPS) is 44.6. The van der Waals surface area contributed by atoms with Crippen molar-refractivity contribution in [3.8, 4) is 0 Å². The van der Waals surface area contributed by atoms with Gasteiger partial charge in [-0.05, 0) is 145 Å². The van der Waals surface area contributed by atoms with Crippen molar-refractivity contribution < 1.29 is 47.5 Å². The van der Waals surface area contributed by atoms with Crippen LogP contribution in [-0.2, 0) is 47.5 Å². The van der Waals surface area contributed by atoms with Gasteiger partial charge in [-0.25, -0.2) is 0 Å². The number of cyclic esters (lactones) is 1. The Morgan fingerprint density at radius 2 is 1.56 bits per heavy atom. The van der Waals surface area contributed by atoms with Crippen molar-refractivity contribution in [3.05, 3.63) is 34.9 Å². The lowest BCUT2D eigenvalue weighted by molar-refractivity contribution is -0.314. The molecule has 3 aliphatic carbocycles. The number of ketones is 1. The lowest BCUT2D eigenvalue weighted by Gasteiger charge is -2.44. The van der Waals surface area contributed by atoms with Gasteiger partial charge >= 0.3 is 5.97 Å². The number of carbonyl (C=O) groups is 2. The molecule has 0 spiro atoms. The van der Waals surface area contributed by atoms with Crippen molar-refractivity contribution in [1.82, 2.24) is 4.90 Å². The Hall–Kier alpha value is -1.67. The summed E-state index contributed by atoms with van der Waals surface area (Å²) in [4.78, 5) is 31.8. The van der Waals surface area contributed by atoms with E-state index < -0.39 is 18.3 Å². The summed E-state index contributed by atoms with van der Waals surface area (Å²) in [5.41, 5.74) is 1.08. The number of halogens is 1. The van der Waals surface area contributed by atoms with Crippen LogP contribution in [0.5, 0.6) is 0 Å². The van der Waals surface area contributed by atoms with Crippen LogP contribution in [0.25, 0.3) is 0 Å². The van der Waals surface area contributed by atoms with Gasteiger partial charge in [0.1, 0.15) is 30.2 Å². The predicted molar refractivity (Wildman–Crippen MR) is 224 cm³/mol. The van der Waals surface area contributed by atoms with Gasteiger partial charge in [0.05, 0.1) is 24.4 Å². The van der Waals surface area contributed by atoms with Gasteiger partial charge in [0.2, 0.25) is 0 Å². The summed E-state index contributed by atoms with van der Waals surface area (Å²) in [7, 11) is 9.20. The molecule has 7 unspecified atom stereocenters. The molecule has 3 saturated heterocycles. The number of ether oxygens (including phenoxy) is 8. The molecule has 1 aromatic rings. The number of carbonyl (C=O) groups excluding carboxylic acids is 2. The highest BCUT2D eigenvalue weighted by molar-refractivity contribution is 6.30. The number of rotatable bonds is 10. The zero-order chi connectivity index (χ0) is 42.1. The molecule has 0 N–H and O–H groups in total. The van der Waals surface area contributed by atoms with E-state index in [4.69, 9.17) is 49.5 Å². The third-order valence-electron chi connectivity index (χ3n) is 15.6. The number of Topliss-reactive ketones (excluding diaryl/α,β-unsaturated/α-hetero) is 1. The fraction of sp³-hybridized carbons (Fsp3) is 0.830. The number of esters is 1. The first-order chi connectivity index (χ1) is 28.4. The van der Waals surface area contributed by atoms with Crippen LogP contribution in [0.15, 0.2) is 24.3 Å². The molecular weight excluding hydrogens is 774 g/mol. The quantitative estimate of drug-likeness (QED) is 0.215. The summed E-state index contributed by atoms with van der Waals surface area (Å²) >= 11 is 6.78. The smallest absolute Gasteiger partial charge is 0.306 e. The average molecular weight is 847 g/mol. The molecule has 3 heterocycles. The molecule has 11 nitrogen and oxygen atoms in total. The molecule has 19 atom stereocenters. The average Bonchev–Trinajstić information content (AvgIpc) is 3.77. The number of nitrogens with zero attached hydrogens (tertiary/aromatic N) is 1. The van der Waals surface area contributed by atoms with Gasteiger partial charge in [-0.3, -0.25) is 9.59 Å². The van der Waals surface area contributed by atoms with Crippen LogP contribution in [0.3, 0.4) is 0 Å². The van der Waals surface area contributed by atoms with Gasteiger partial charge in [-0.15, -0.1) is 0 Å². The molecule has 3 aliphatic heterocycles. The topological polar surface area (TPSA) is 111 Å². The first-order valence-electron chi connectivity index (χ1n) is 22.7. The third-order valence-corrected chi connectivity index (χ3v) is 15.8. The van der Waals surface area contributed by atoms with Gasteiger partial charge in [0.25, 0.3) is 0 Å². The monoisotopic (exact) mass is 845 g/mol. The van der Waals surface area contributed by atoms with Crippen LogP contribution < -0.4 is 0 Å². The summed E-state index contributed by atoms with van der Waals surface area (Å²) in [6.45, 7) is 8.26. The van der Waals surface area contributed by atoms with Crippen molar-refractivity contribution >= 4 is 23.4 Å². The SMILES string of the molecule is CC[C@H]1CCC[C@H](O[C@H]2CC[C@H](N(C)C)C(C)O2)[C@@H](C)C(=O)C2C(c3cccc(Cl)c3)[C@@H]3C(CCC4C[C@@H](O[C@@H]5OC(C)[C@H](OC)C(OC)[C@@H]5OC)C[C@H]43)[C@@H]2CC(=O)O1. The summed E-state index contributed by atoms with van der Waals surface area (Å²) in [6, 6.07) is 8.43. The van der Waals surface area contributed by atoms with E-state index in [1.807, 2.05) is 19.1 Å². The van der Waals surface area contributed by atoms with Gasteiger partial charge in [-0.2, -0.15) is 0 Å². The lowest BCUT2D eigenvalue weighted by Crippen LogP contribution is -2.59. The summed E-state index contributed by atoms with van der Waals surface area (Å²) in [5, 5.41) is 0.651. The number of benzene rings is 1. The van der Waals surface area contributed by atoms with Crippen molar-refractivity contribution in [2.24, 2.45) is 41.4 Å². The lowest BCUT2D eigenvalue weighted by atomic mass is 9.64. The molecule has 0 amide bonds. The van der Waals surface area contributed by atoms with Crippen LogP contribution >= 0.6 is 11.6 Å². The fourth-order valence-corrected chi connectivity index (χ4v) is 13.0. The number of hydrogen-bond donors (Lipinski definition) is 0. The molecule has 12 heteroatoms. The second kappa shape index (κ2) is 19.8. The Kier molecular flexibility index (Phi) is 15.2. The number of hydrogen-bond acceptors (Lipinski definition) is 11. The Morgan fingerprint density at radius 3 is 2.24 bits per heavy atom. The molecule has 6 fully saturated rings. The van der Waals surface area contributed by atoms with E-state index in [0.717, 1.165) is 63.4 Å². The first-order valence-corrected chi connectivity index (χ1v) is 23.1. The third kappa shape index (κ3) is 9.50. The molecule has 7 rings (SSSR count). The van der Waals surface area contributed by atoms with E-state index in [0.29, 0.717) is 23.4 Å². The van der Waals surface area contributed by atoms with Crippen molar-refractivity contribution in [1.29, 1.82) is 0 Å². The van der Waals surface area contributed by atoms with Crippen LogP contribution in [0, 0.1) is 41.4 Å². The molecule has 6 aliphatic rings. The van der Waals surface area contributed by atoms with Gasteiger partial charge in [0, 0.05) is 50.7 Å². The first kappa shape index (κ1) is 45.4. The minimum Gasteiger partial charge on any atom is -0.462 e. The molecular formula is C47H72ClNO10. The van der Waals surface area contributed by atoms with E-state index in [2.05, 4.69) is 51.9 Å². The molecule has 3 saturated carbocycles. The van der Waals surface area contributed by atoms with Crippen LogP contribution in [-0.4, -0.2) is 120 Å². The highest BCUT2D eigenvalue weighted by atomic mass is 35.5. The Balaban J connectivity index is 1.20. The van der Waals surface area contributed by atoms with Gasteiger partial charge in [0.15, 0.2) is 12.6 Å². The Morgan fingerprint density at radius 1 is 0.797 bits per heavy atom. The van der Waals surface area contributed by atoms with Crippen LogP contribution in [0.1, 0.15) is 110 Å². The van der Waals surface area contributed by atoms with E-state index in [-0.39, 0.29) is 103 Å². The van der Waals surface area contributed by atoms with E-state index in [1.165, 1.54) is 0 Å². The van der Waals surface area contributed by atoms with E-state index in [1.54, 1.807) is 21.3 Å². The van der Waals surface area contributed by atoms with Crippen LogP contribution in [0.2, 0.25) is 5.02 Å². The maximum absolute atomic E-state index is 15.6. The van der Waals surface area contributed by atoms with Crippen LogP contribution in [0.4, 0.5) is 0 Å².